The van der Waals surface area contributed by atoms with Gasteiger partial charge >= 0.3 is 13.5 Å². The maximum Gasteiger partial charge on any atom is 0.321 e. The molecule has 0 spiro atoms. The van der Waals surface area contributed by atoms with Crippen molar-refractivity contribution >= 4 is 18.8 Å². The van der Waals surface area contributed by atoms with Crippen LogP contribution in [0.1, 0.15) is 20.3 Å². The summed E-state index contributed by atoms with van der Waals surface area (Å²) in [7, 11) is -3.40. The minimum absolute atomic E-state index is 0.175. The van der Waals surface area contributed by atoms with Gasteiger partial charge in [0.1, 0.15) is 6.04 Å². The first-order valence-electron chi connectivity index (χ1n) is 8.84. The molecule has 138 valence electrons. The number of carboxylic acids is 1. The quantitative estimate of drug-likeness (QED) is 0.803. The molecule has 1 N–H and O–H groups in total. The van der Waals surface area contributed by atoms with Crippen LogP contribution < -0.4 is 5.30 Å². The highest BCUT2D eigenvalue weighted by molar-refractivity contribution is 7.64. The fourth-order valence-corrected chi connectivity index (χ4v) is 5.97. The summed E-state index contributed by atoms with van der Waals surface area (Å²) >= 11 is 0. The molecule has 26 heavy (non-hydrogen) atoms. The molecular weight excluding hydrogens is 349 g/mol. The Morgan fingerprint density at radius 1 is 1.08 bits per heavy atom. The molecule has 1 unspecified atom stereocenters. The third-order valence-corrected chi connectivity index (χ3v) is 7.25. The zero-order chi connectivity index (χ0) is 18.7. The summed E-state index contributed by atoms with van der Waals surface area (Å²) in [5.41, 5.74) is 2.09. The maximum absolute atomic E-state index is 13.7. The van der Waals surface area contributed by atoms with Gasteiger partial charge in [-0.3, -0.25) is 9.36 Å². The Hall–Kier alpha value is -1.94. The molecule has 1 fully saturated rings. The first-order chi connectivity index (χ1) is 12.4. The summed E-state index contributed by atoms with van der Waals surface area (Å²) in [6.07, 6.45) is 0.669. The van der Waals surface area contributed by atoms with Crippen molar-refractivity contribution in [1.82, 2.24) is 4.67 Å². The van der Waals surface area contributed by atoms with Crippen LogP contribution in [0.2, 0.25) is 0 Å². The van der Waals surface area contributed by atoms with Crippen LogP contribution in [-0.4, -0.2) is 34.9 Å². The monoisotopic (exact) mass is 373 g/mol. The van der Waals surface area contributed by atoms with E-state index in [-0.39, 0.29) is 5.92 Å². The average Bonchev–Trinajstić information content (AvgIpc) is 2.64. The molecule has 1 heterocycles. The average molecular weight is 373 g/mol. The van der Waals surface area contributed by atoms with Gasteiger partial charge in [0, 0.05) is 6.54 Å². The predicted octanol–water partition coefficient (Wildman–Crippen LogP) is 4.00. The van der Waals surface area contributed by atoms with Gasteiger partial charge in [-0.05, 0) is 35.6 Å². The minimum atomic E-state index is -3.40. The summed E-state index contributed by atoms with van der Waals surface area (Å²) in [4.78, 5) is 11.8. The lowest BCUT2D eigenvalue weighted by Crippen LogP contribution is -2.47. The van der Waals surface area contributed by atoms with Crippen molar-refractivity contribution < 1.29 is 19.0 Å². The van der Waals surface area contributed by atoms with Crippen molar-refractivity contribution in [2.24, 2.45) is 5.92 Å². The van der Waals surface area contributed by atoms with Crippen LogP contribution in [0.25, 0.3) is 11.1 Å². The fraction of sp³-hybridized carbons (Fsp3) is 0.350. The van der Waals surface area contributed by atoms with Crippen LogP contribution in [0.5, 0.6) is 0 Å². The molecule has 0 amide bonds. The Morgan fingerprint density at radius 3 is 2.27 bits per heavy atom. The molecule has 1 saturated heterocycles. The van der Waals surface area contributed by atoms with Crippen LogP contribution in [0.3, 0.4) is 0 Å². The second kappa shape index (κ2) is 7.75. The molecule has 5 nitrogen and oxygen atoms in total. The molecule has 0 aromatic heterocycles. The summed E-state index contributed by atoms with van der Waals surface area (Å²) in [5, 5.41) is 10.2. The van der Waals surface area contributed by atoms with Gasteiger partial charge in [-0.15, -0.1) is 0 Å². The Bertz CT molecular complexity index is 804. The van der Waals surface area contributed by atoms with Gasteiger partial charge in [0.05, 0.1) is 11.9 Å². The second-order valence-electron chi connectivity index (χ2n) is 6.81. The van der Waals surface area contributed by atoms with Gasteiger partial charge < -0.3 is 9.63 Å². The van der Waals surface area contributed by atoms with E-state index in [0.717, 1.165) is 11.1 Å². The standard InChI is InChI=1S/C20H24NO4P/c1-15(2)19(20(22)23)21-13-6-14-25-26(21,24)18-11-9-17(10-12-18)16-7-4-3-5-8-16/h3-5,7-12,15,19H,6,13-14H2,1-2H3,(H,22,23)/t19-,26?/m1/s1. The van der Waals surface area contributed by atoms with E-state index in [2.05, 4.69) is 0 Å². The zero-order valence-electron chi connectivity index (χ0n) is 15.0. The Morgan fingerprint density at radius 2 is 1.69 bits per heavy atom. The molecule has 2 atom stereocenters. The SMILES string of the molecule is CC(C)[C@H](C(=O)O)N1CCCOP1(=O)c1ccc(-c2ccccc2)cc1. The van der Waals surface area contributed by atoms with E-state index in [1.54, 1.807) is 16.8 Å². The molecular formula is C20H24NO4P. The zero-order valence-corrected chi connectivity index (χ0v) is 15.9. The summed E-state index contributed by atoms with van der Waals surface area (Å²) in [6.45, 7) is 4.48. The predicted molar refractivity (Wildman–Crippen MR) is 103 cm³/mol. The van der Waals surface area contributed by atoms with E-state index in [1.165, 1.54) is 0 Å². The number of nitrogens with zero attached hydrogens (tertiary/aromatic N) is 1. The van der Waals surface area contributed by atoms with E-state index >= 15 is 0 Å². The number of carbonyl (C=O) groups is 1. The third-order valence-electron chi connectivity index (χ3n) is 4.64. The molecule has 6 heteroatoms. The van der Waals surface area contributed by atoms with Crippen molar-refractivity contribution in [3.63, 3.8) is 0 Å². The number of hydrogen-bond acceptors (Lipinski definition) is 3. The summed E-state index contributed by atoms with van der Waals surface area (Å²) in [5.74, 6) is -1.14. The van der Waals surface area contributed by atoms with E-state index in [0.29, 0.717) is 24.9 Å². The highest BCUT2D eigenvalue weighted by atomic mass is 31.2. The van der Waals surface area contributed by atoms with Crippen LogP contribution in [0.15, 0.2) is 54.6 Å². The molecule has 0 bridgehead atoms. The number of carboxylic acid groups (broad SMARTS) is 1. The second-order valence-corrected chi connectivity index (χ2v) is 9.14. The first kappa shape index (κ1) is 18.8. The number of hydrogen-bond donors (Lipinski definition) is 1. The van der Waals surface area contributed by atoms with Gasteiger partial charge in [-0.1, -0.05) is 56.3 Å². The highest BCUT2D eigenvalue weighted by Gasteiger charge is 2.44. The molecule has 3 rings (SSSR count). The van der Waals surface area contributed by atoms with Gasteiger partial charge in [0.2, 0.25) is 0 Å². The van der Waals surface area contributed by atoms with Crippen molar-refractivity contribution in [2.45, 2.75) is 26.3 Å². The molecule has 2 aromatic carbocycles. The number of rotatable bonds is 5. The molecule has 1 aliphatic rings. The van der Waals surface area contributed by atoms with Gasteiger partial charge in [-0.25, -0.2) is 4.67 Å². The van der Waals surface area contributed by atoms with Crippen LogP contribution in [0.4, 0.5) is 0 Å². The van der Waals surface area contributed by atoms with Crippen molar-refractivity contribution in [2.75, 3.05) is 13.2 Å². The lowest BCUT2D eigenvalue weighted by Gasteiger charge is -2.40. The molecule has 2 aromatic rings. The minimum Gasteiger partial charge on any atom is -0.480 e. The number of aliphatic carboxylic acids is 1. The van der Waals surface area contributed by atoms with E-state index in [4.69, 9.17) is 4.52 Å². The van der Waals surface area contributed by atoms with Gasteiger partial charge in [-0.2, -0.15) is 0 Å². The molecule has 1 aliphatic heterocycles. The van der Waals surface area contributed by atoms with Crippen molar-refractivity contribution in [3.8, 4) is 11.1 Å². The van der Waals surface area contributed by atoms with Gasteiger partial charge in [0.15, 0.2) is 0 Å². The smallest absolute Gasteiger partial charge is 0.321 e. The Kier molecular flexibility index (Phi) is 5.61. The van der Waals surface area contributed by atoms with E-state index < -0.39 is 19.5 Å². The van der Waals surface area contributed by atoms with Crippen LogP contribution in [-0.2, 0) is 13.9 Å². The summed E-state index contributed by atoms with van der Waals surface area (Å²) < 4.78 is 21.0. The largest absolute Gasteiger partial charge is 0.480 e. The van der Waals surface area contributed by atoms with Crippen LogP contribution >= 0.6 is 7.52 Å². The molecule has 0 radical (unpaired) electrons. The van der Waals surface area contributed by atoms with Crippen molar-refractivity contribution in [3.05, 3.63) is 54.6 Å². The first-order valence-corrected chi connectivity index (χ1v) is 10.4. The molecule has 0 saturated carbocycles. The van der Waals surface area contributed by atoms with Crippen molar-refractivity contribution in [1.29, 1.82) is 0 Å². The lowest BCUT2D eigenvalue weighted by atomic mass is 10.0. The van der Waals surface area contributed by atoms with E-state index in [1.807, 2.05) is 56.3 Å². The Balaban J connectivity index is 1.96. The lowest BCUT2D eigenvalue weighted by molar-refractivity contribution is -0.143. The topological polar surface area (TPSA) is 66.8 Å². The normalized spacial score (nSPS) is 22.3. The fourth-order valence-electron chi connectivity index (χ4n) is 3.38. The highest BCUT2D eigenvalue weighted by Crippen LogP contribution is 2.54. The van der Waals surface area contributed by atoms with Gasteiger partial charge in [0.25, 0.3) is 0 Å². The summed E-state index contributed by atoms with van der Waals surface area (Å²) in [6, 6.07) is 16.5. The van der Waals surface area contributed by atoms with E-state index in [9.17, 15) is 14.5 Å². The third kappa shape index (κ3) is 3.61. The maximum atomic E-state index is 13.7. The molecule has 0 aliphatic carbocycles. The van der Waals surface area contributed by atoms with Crippen LogP contribution in [0, 0.1) is 5.92 Å². The number of benzene rings is 2. The Labute approximate surface area is 154 Å².